The van der Waals surface area contributed by atoms with Crippen molar-refractivity contribution in [2.45, 2.75) is 26.2 Å². The van der Waals surface area contributed by atoms with Gasteiger partial charge < -0.3 is 4.90 Å². The van der Waals surface area contributed by atoms with Crippen molar-refractivity contribution in [2.24, 2.45) is 5.92 Å². The number of piperidine rings is 1. The summed E-state index contributed by atoms with van der Waals surface area (Å²) < 4.78 is 0. The zero-order chi connectivity index (χ0) is 12.3. The van der Waals surface area contributed by atoms with Crippen LogP contribution in [0.25, 0.3) is 0 Å². The molecule has 0 radical (unpaired) electrons. The van der Waals surface area contributed by atoms with Crippen LogP contribution in [0.4, 0.5) is 0 Å². The Bertz CT molecular complexity index is 382. The van der Waals surface area contributed by atoms with Crippen LogP contribution in [-0.4, -0.2) is 30.8 Å². The fourth-order valence-electron chi connectivity index (χ4n) is 2.56. The highest BCUT2D eigenvalue weighted by molar-refractivity contribution is 5.96. The Morgan fingerprint density at radius 1 is 1.35 bits per heavy atom. The van der Waals surface area contributed by atoms with Gasteiger partial charge in [-0.15, -0.1) is 0 Å². The molecule has 1 saturated heterocycles. The van der Waals surface area contributed by atoms with E-state index >= 15 is 0 Å². The maximum absolute atomic E-state index is 12.1. The third-order valence-corrected chi connectivity index (χ3v) is 3.57. The first-order chi connectivity index (χ1) is 8.15. The number of aryl methyl sites for hydroxylation is 1. The number of hydrogen-bond acceptors (Lipinski definition) is 2. The van der Waals surface area contributed by atoms with Gasteiger partial charge in [0.25, 0.3) is 0 Å². The first-order valence-electron chi connectivity index (χ1n) is 6.43. The van der Waals surface area contributed by atoms with Gasteiger partial charge in [0, 0.05) is 18.5 Å². The van der Waals surface area contributed by atoms with E-state index in [1.54, 1.807) is 0 Å². The van der Waals surface area contributed by atoms with Crippen LogP contribution in [0.15, 0.2) is 24.3 Å². The minimum atomic E-state index is 0.297. The van der Waals surface area contributed by atoms with Crippen molar-refractivity contribution in [1.82, 2.24) is 4.90 Å². The summed E-state index contributed by atoms with van der Waals surface area (Å²) >= 11 is 0. The topological polar surface area (TPSA) is 20.3 Å². The molecule has 1 aliphatic rings. The van der Waals surface area contributed by atoms with Crippen LogP contribution in [0.3, 0.4) is 0 Å². The highest BCUT2D eigenvalue weighted by Gasteiger charge is 2.20. The number of rotatable bonds is 3. The fraction of sp³-hybridized carbons (Fsp3) is 0.533. The van der Waals surface area contributed by atoms with Crippen LogP contribution in [-0.2, 0) is 0 Å². The molecule has 1 heterocycles. The van der Waals surface area contributed by atoms with Gasteiger partial charge in [-0.1, -0.05) is 29.8 Å². The molecule has 0 bridgehead atoms. The van der Waals surface area contributed by atoms with Crippen molar-refractivity contribution in [2.75, 3.05) is 20.1 Å². The second-order valence-electron chi connectivity index (χ2n) is 5.26. The van der Waals surface area contributed by atoms with Crippen LogP contribution in [0.5, 0.6) is 0 Å². The SMILES string of the molecule is Cc1ccc(C(=O)CC2CCCN(C)C2)cc1. The minimum absolute atomic E-state index is 0.297. The summed E-state index contributed by atoms with van der Waals surface area (Å²) in [6.07, 6.45) is 3.12. The summed E-state index contributed by atoms with van der Waals surface area (Å²) in [6.45, 7) is 4.29. The Morgan fingerprint density at radius 3 is 2.71 bits per heavy atom. The molecule has 1 aromatic rings. The summed E-state index contributed by atoms with van der Waals surface area (Å²) in [5, 5.41) is 0. The van der Waals surface area contributed by atoms with Crippen LogP contribution in [0, 0.1) is 12.8 Å². The van der Waals surface area contributed by atoms with Gasteiger partial charge in [-0.2, -0.15) is 0 Å². The van der Waals surface area contributed by atoms with Crippen molar-refractivity contribution in [3.05, 3.63) is 35.4 Å². The lowest BCUT2D eigenvalue weighted by Crippen LogP contribution is -2.33. The van der Waals surface area contributed by atoms with E-state index in [1.807, 2.05) is 31.2 Å². The molecule has 0 aromatic heterocycles. The van der Waals surface area contributed by atoms with E-state index < -0.39 is 0 Å². The van der Waals surface area contributed by atoms with Crippen molar-refractivity contribution in [3.8, 4) is 0 Å². The Hall–Kier alpha value is -1.15. The number of likely N-dealkylation sites (tertiary alicyclic amines) is 1. The third-order valence-electron chi connectivity index (χ3n) is 3.57. The van der Waals surface area contributed by atoms with E-state index in [0.717, 1.165) is 12.1 Å². The fourth-order valence-corrected chi connectivity index (χ4v) is 2.56. The highest BCUT2D eigenvalue weighted by Crippen LogP contribution is 2.20. The largest absolute Gasteiger partial charge is 0.306 e. The van der Waals surface area contributed by atoms with E-state index in [1.165, 1.54) is 24.9 Å². The number of hydrogen-bond donors (Lipinski definition) is 0. The summed E-state index contributed by atoms with van der Waals surface area (Å²) in [4.78, 5) is 14.4. The molecule has 1 atom stereocenters. The second-order valence-corrected chi connectivity index (χ2v) is 5.26. The lowest BCUT2D eigenvalue weighted by molar-refractivity contribution is 0.0930. The van der Waals surface area contributed by atoms with E-state index in [9.17, 15) is 4.79 Å². The molecule has 2 nitrogen and oxygen atoms in total. The monoisotopic (exact) mass is 231 g/mol. The predicted octanol–water partition coefficient (Wildman–Crippen LogP) is 2.91. The van der Waals surface area contributed by atoms with E-state index in [2.05, 4.69) is 11.9 Å². The smallest absolute Gasteiger partial charge is 0.163 e. The standard InChI is InChI=1S/C15H21NO/c1-12-5-7-14(8-6-12)15(17)10-13-4-3-9-16(2)11-13/h5-8,13H,3-4,9-11H2,1-2H3. The molecular weight excluding hydrogens is 210 g/mol. The average Bonchev–Trinajstić information content (AvgIpc) is 2.29. The van der Waals surface area contributed by atoms with Gasteiger partial charge in [0.05, 0.1) is 0 Å². The molecule has 0 aliphatic carbocycles. The molecule has 1 unspecified atom stereocenters. The number of ketones is 1. The quantitative estimate of drug-likeness (QED) is 0.745. The second kappa shape index (κ2) is 5.46. The van der Waals surface area contributed by atoms with Crippen molar-refractivity contribution in [1.29, 1.82) is 0 Å². The normalized spacial score (nSPS) is 21.4. The number of carbonyl (C=O) groups is 1. The minimum Gasteiger partial charge on any atom is -0.306 e. The van der Waals surface area contributed by atoms with Gasteiger partial charge in [0.15, 0.2) is 5.78 Å². The number of Topliss-reactive ketones (excluding diaryl/α,β-unsaturated/α-hetero) is 1. The average molecular weight is 231 g/mol. The molecule has 0 spiro atoms. The first kappa shape index (κ1) is 12.3. The first-order valence-corrected chi connectivity index (χ1v) is 6.43. The van der Waals surface area contributed by atoms with E-state index in [0.29, 0.717) is 18.1 Å². The molecule has 0 N–H and O–H groups in total. The third kappa shape index (κ3) is 3.40. The van der Waals surface area contributed by atoms with E-state index in [4.69, 9.17) is 0 Å². The molecule has 0 saturated carbocycles. The molecule has 17 heavy (non-hydrogen) atoms. The van der Waals surface area contributed by atoms with Gasteiger partial charge in [0.1, 0.15) is 0 Å². The van der Waals surface area contributed by atoms with Gasteiger partial charge in [0.2, 0.25) is 0 Å². The summed E-state index contributed by atoms with van der Waals surface area (Å²) in [6, 6.07) is 7.93. The zero-order valence-corrected chi connectivity index (χ0v) is 10.8. The van der Waals surface area contributed by atoms with Gasteiger partial charge in [-0.25, -0.2) is 0 Å². The Labute approximate surface area is 104 Å². The van der Waals surface area contributed by atoms with Crippen molar-refractivity contribution < 1.29 is 4.79 Å². The number of benzene rings is 1. The molecular formula is C15H21NO. The molecule has 1 aromatic carbocycles. The summed E-state index contributed by atoms with van der Waals surface area (Å²) in [5.74, 6) is 0.841. The zero-order valence-electron chi connectivity index (χ0n) is 10.8. The predicted molar refractivity (Wildman–Crippen MR) is 70.3 cm³/mol. The van der Waals surface area contributed by atoms with Crippen molar-refractivity contribution >= 4 is 5.78 Å². The lowest BCUT2D eigenvalue weighted by atomic mass is 9.91. The van der Waals surface area contributed by atoms with Crippen LogP contribution in [0.2, 0.25) is 0 Å². The molecule has 2 heteroatoms. The molecule has 1 fully saturated rings. The molecule has 0 amide bonds. The summed E-state index contributed by atoms with van der Waals surface area (Å²) in [5.41, 5.74) is 2.07. The van der Waals surface area contributed by atoms with Crippen molar-refractivity contribution in [3.63, 3.8) is 0 Å². The van der Waals surface area contributed by atoms with Crippen LogP contribution >= 0.6 is 0 Å². The maximum Gasteiger partial charge on any atom is 0.163 e. The molecule has 2 rings (SSSR count). The molecule has 92 valence electrons. The van der Waals surface area contributed by atoms with Gasteiger partial charge in [-0.3, -0.25) is 4.79 Å². The lowest BCUT2D eigenvalue weighted by Gasteiger charge is -2.29. The maximum atomic E-state index is 12.1. The number of nitrogens with zero attached hydrogens (tertiary/aromatic N) is 1. The highest BCUT2D eigenvalue weighted by atomic mass is 16.1. The van der Waals surface area contributed by atoms with Gasteiger partial charge in [-0.05, 0) is 39.3 Å². The van der Waals surface area contributed by atoms with Crippen LogP contribution < -0.4 is 0 Å². The molecule has 1 aliphatic heterocycles. The van der Waals surface area contributed by atoms with E-state index in [-0.39, 0.29) is 0 Å². The Balaban J connectivity index is 1.94. The number of carbonyl (C=O) groups excluding carboxylic acids is 1. The Kier molecular flexibility index (Phi) is 3.95. The Morgan fingerprint density at radius 2 is 2.06 bits per heavy atom. The van der Waals surface area contributed by atoms with Gasteiger partial charge >= 0.3 is 0 Å². The van der Waals surface area contributed by atoms with Crippen LogP contribution in [0.1, 0.15) is 35.2 Å². The summed E-state index contributed by atoms with van der Waals surface area (Å²) in [7, 11) is 2.14.